The first-order valence-electron chi connectivity index (χ1n) is 5.46. The minimum atomic E-state index is 0.598. The van der Waals surface area contributed by atoms with Crippen molar-refractivity contribution in [2.45, 2.75) is 33.3 Å². The van der Waals surface area contributed by atoms with Crippen molar-refractivity contribution in [3.8, 4) is 0 Å². The molecule has 0 aliphatic carbocycles. The minimum absolute atomic E-state index is 0.598. The number of epoxide rings is 2. The van der Waals surface area contributed by atoms with Gasteiger partial charge in [-0.25, -0.2) is 0 Å². The summed E-state index contributed by atoms with van der Waals surface area (Å²) in [5.41, 5.74) is 0. The number of thioether (sulfide) groups is 2. The van der Waals surface area contributed by atoms with E-state index in [9.17, 15) is 0 Å². The molecule has 0 bridgehead atoms. The van der Waals surface area contributed by atoms with Gasteiger partial charge in [-0.05, 0) is 0 Å². The van der Waals surface area contributed by atoms with E-state index in [4.69, 9.17) is 9.47 Å². The van der Waals surface area contributed by atoms with Crippen molar-refractivity contribution < 1.29 is 9.47 Å². The van der Waals surface area contributed by atoms with Gasteiger partial charge in [0.05, 0.1) is 0 Å². The Hall–Kier alpha value is 1.14. The van der Waals surface area contributed by atoms with Gasteiger partial charge in [-0.15, -0.1) is 0 Å². The Kier molecular flexibility index (Phi) is 3.89. The molecule has 0 saturated carbocycles. The van der Waals surface area contributed by atoms with E-state index in [-0.39, 0.29) is 0 Å². The summed E-state index contributed by atoms with van der Waals surface area (Å²) in [6.45, 7) is 2.02. The van der Waals surface area contributed by atoms with Gasteiger partial charge in [-0.1, -0.05) is 0 Å². The third kappa shape index (κ3) is 3.55. The van der Waals surface area contributed by atoms with Crippen molar-refractivity contribution in [2.75, 3.05) is 24.7 Å². The molecule has 0 radical (unpaired) electrons. The Morgan fingerprint density at radius 1 is 0.933 bits per heavy atom. The number of rotatable bonds is 6. The molecular formula is C10H16O2S2Se. The van der Waals surface area contributed by atoms with Crippen LogP contribution >= 0.6 is 23.5 Å². The van der Waals surface area contributed by atoms with Gasteiger partial charge in [0, 0.05) is 0 Å². The maximum absolute atomic E-state index is 5.27. The van der Waals surface area contributed by atoms with E-state index in [1.165, 1.54) is 22.1 Å². The van der Waals surface area contributed by atoms with Crippen LogP contribution in [0.2, 0.25) is 10.6 Å². The number of hydrogen-bond donors (Lipinski definition) is 0. The van der Waals surface area contributed by atoms with Gasteiger partial charge in [-0.2, -0.15) is 0 Å². The zero-order valence-electron chi connectivity index (χ0n) is 8.59. The first-order chi connectivity index (χ1) is 7.42. The van der Waals surface area contributed by atoms with Crippen LogP contribution in [0.15, 0.2) is 0 Å². The monoisotopic (exact) mass is 312 g/mol. The van der Waals surface area contributed by atoms with Crippen LogP contribution in [-0.2, 0) is 9.47 Å². The molecule has 5 heteroatoms. The SMILES string of the molecule is C1OC1CSC1C[Se]CC1SCC1CO1. The zero-order valence-corrected chi connectivity index (χ0v) is 11.9. The van der Waals surface area contributed by atoms with E-state index in [1.54, 1.807) is 0 Å². The third-order valence-corrected chi connectivity index (χ3v) is 9.37. The predicted molar refractivity (Wildman–Crippen MR) is 67.3 cm³/mol. The van der Waals surface area contributed by atoms with Crippen LogP contribution in [0, 0.1) is 0 Å². The van der Waals surface area contributed by atoms with Gasteiger partial charge < -0.3 is 0 Å². The summed E-state index contributed by atoms with van der Waals surface area (Å²) >= 11 is 5.23. The van der Waals surface area contributed by atoms with Crippen LogP contribution in [0.25, 0.3) is 0 Å². The summed E-state index contributed by atoms with van der Waals surface area (Å²) in [5, 5.41) is 4.79. The van der Waals surface area contributed by atoms with Crippen molar-refractivity contribution in [2.24, 2.45) is 0 Å². The molecule has 4 atom stereocenters. The average molecular weight is 311 g/mol. The molecule has 0 aromatic heterocycles. The molecule has 3 aliphatic heterocycles. The Bertz CT molecular complexity index is 199. The molecule has 4 unspecified atom stereocenters. The fraction of sp³-hybridized carbons (Fsp3) is 1.00. The molecule has 0 N–H and O–H groups in total. The molecule has 0 aromatic carbocycles. The molecule has 3 saturated heterocycles. The summed E-state index contributed by atoms with van der Waals surface area (Å²) in [4.78, 5) is 0. The number of ether oxygens (including phenoxy) is 2. The molecule has 3 fully saturated rings. The summed E-state index contributed by atoms with van der Waals surface area (Å²) in [5.74, 6) is 2.47. The van der Waals surface area contributed by atoms with Gasteiger partial charge in [-0.3, -0.25) is 0 Å². The van der Waals surface area contributed by atoms with Gasteiger partial charge >= 0.3 is 106 Å². The third-order valence-electron chi connectivity index (χ3n) is 2.78. The fourth-order valence-corrected chi connectivity index (χ4v) is 9.21. The van der Waals surface area contributed by atoms with E-state index in [2.05, 4.69) is 23.5 Å². The molecule has 3 rings (SSSR count). The molecule has 3 aliphatic rings. The van der Waals surface area contributed by atoms with Crippen molar-refractivity contribution in [3.05, 3.63) is 0 Å². The average Bonchev–Trinajstić information content (AvgIpc) is 3.14. The standard InChI is InChI=1S/C10H16O2S2Se/c1-7(11-1)3-13-9-5-15-6-10(9)14-4-8-2-12-8/h7-10H,1-6H2. The second-order valence-corrected chi connectivity index (χ2v) is 8.99. The first kappa shape index (κ1) is 11.2. The quantitative estimate of drug-likeness (QED) is 0.549. The molecule has 0 aromatic rings. The van der Waals surface area contributed by atoms with E-state index in [0.717, 1.165) is 38.7 Å². The summed E-state index contributed by atoms with van der Waals surface area (Å²) < 4.78 is 10.5. The van der Waals surface area contributed by atoms with Gasteiger partial charge in [0.15, 0.2) is 0 Å². The normalized spacial score (nSPS) is 43.2. The Morgan fingerprint density at radius 2 is 1.40 bits per heavy atom. The maximum atomic E-state index is 5.27. The summed E-state index contributed by atoms with van der Waals surface area (Å²) in [6, 6.07) is 0. The van der Waals surface area contributed by atoms with Crippen molar-refractivity contribution in [3.63, 3.8) is 0 Å². The molecule has 2 nitrogen and oxygen atoms in total. The first-order valence-corrected chi connectivity index (χ1v) is 9.98. The molecule has 86 valence electrons. The van der Waals surface area contributed by atoms with Crippen LogP contribution in [0.5, 0.6) is 0 Å². The summed E-state index contributed by atoms with van der Waals surface area (Å²) in [6.07, 6.45) is 1.20. The fourth-order valence-electron chi connectivity index (χ4n) is 1.62. The second kappa shape index (κ2) is 5.19. The topological polar surface area (TPSA) is 25.1 Å². The predicted octanol–water partition coefficient (Wildman–Crippen LogP) is 1.54. The van der Waals surface area contributed by atoms with Crippen LogP contribution < -0.4 is 0 Å². The second-order valence-electron chi connectivity index (χ2n) is 4.19. The van der Waals surface area contributed by atoms with Gasteiger partial charge in [0.1, 0.15) is 0 Å². The molecule has 0 amide bonds. The molecule has 3 heterocycles. The van der Waals surface area contributed by atoms with Crippen LogP contribution in [0.1, 0.15) is 0 Å². The molecular weight excluding hydrogens is 295 g/mol. The molecule has 0 spiro atoms. The van der Waals surface area contributed by atoms with Crippen molar-refractivity contribution in [1.82, 2.24) is 0 Å². The zero-order chi connectivity index (χ0) is 10.1. The van der Waals surface area contributed by atoms with E-state index >= 15 is 0 Å². The Balaban J connectivity index is 1.38. The van der Waals surface area contributed by atoms with E-state index in [1.807, 2.05) is 0 Å². The van der Waals surface area contributed by atoms with Crippen LogP contribution in [0.3, 0.4) is 0 Å². The van der Waals surface area contributed by atoms with E-state index < -0.39 is 0 Å². The van der Waals surface area contributed by atoms with E-state index in [0.29, 0.717) is 12.2 Å². The van der Waals surface area contributed by atoms with Gasteiger partial charge in [0.2, 0.25) is 0 Å². The van der Waals surface area contributed by atoms with Crippen molar-refractivity contribution >= 4 is 38.5 Å². The van der Waals surface area contributed by atoms with Crippen molar-refractivity contribution in [1.29, 1.82) is 0 Å². The van der Waals surface area contributed by atoms with Crippen LogP contribution in [0.4, 0.5) is 0 Å². The summed E-state index contributed by atoms with van der Waals surface area (Å²) in [7, 11) is 0. The number of hydrogen-bond acceptors (Lipinski definition) is 4. The van der Waals surface area contributed by atoms with Crippen LogP contribution in [-0.4, -0.2) is 62.4 Å². The van der Waals surface area contributed by atoms with Gasteiger partial charge in [0.25, 0.3) is 0 Å². The Labute approximate surface area is 106 Å². The Morgan fingerprint density at radius 3 is 1.80 bits per heavy atom. The molecule has 15 heavy (non-hydrogen) atoms.